The topological polar surface area (TPSA) is 70.3 Å². The molecule has 1 aliphatic rings. The second-order valence-electron chi connectivity index (χ2n) is 5.40. The monoisotopic (exact) mass is 350 g/mol. The van der Waals surface area contributed by atoms with Crippen molar-refractivity contribution in [1.82, 2.24) is 19.9 Å². The summed E-state index contributed by atoms with van der Waals surface area (Å²) in [5, 5.41) is 3.58. The molecule has 1 aliphatic heterocycles. The second kappa shape index (κ2) is 7.35. The van der Waals surface area contributed by atoms with Crippen LogP contribution in [0, 0.1) is 0 Å². The summed E-state index contributed by atoms with van der Waals surface area (Å²) in [5.41, 5.74) is 10.1. The summed E-state index contributed by atoms with van der Waals surface area (Å²) in [5.74, 6) is 0.654. The zero-order valence-corrected chi connectivity index (χ0v) is 14.4. The number of hydrogen-bond donors (Lipinski definition) is 2. The number of nitrogens with one attached hydrogen (secondary N) is 1. The van der Waals surface area contributed by atoms with E-state index in [0.29, 0.717) is 16.5 Å². The lowest BCUT2D eigenvalue weighted by Crippen LogP contribution is -2.47. The lowest BCUT2D eigenvalue weighted by molar-refractivity contribution is 0.178. The van der Waals surface area contributed by atoms with Crippen molar-refractivity contribution in [3.8, 4) is 0 Å². The Balaban J connectivity index is 1.71. The number of rotatable bonds is 4. The Bertz CT molecular complexity index is 658. The standard InChI is InChI=1S/C15H19ClN6S/c1-21-6-8-22(9-7-21)20-14-13(17)15(19-10-18-14)23-12-4-2-11(16)3-5-12/h2-5,10H,6-9,17H2,1H3,(H,18,19,20). The fourth-order valence-electron chi connectivity index (χ4n) is 2.23. The van der Waals surface area contributed by atoms with Crippen LogP contribution in [0.25, 0.3) is 0 Å². The van der Waals surface area contributed by atoms with E-state index in [0.717, 1.165) is 36.1 Å². The molecule has 3 N–H and O–H groups in total. The van der Waals surface area contributed by atoms with E-state index in [4.69, 9.17) is 17.3 Å². The summed E-state index contributed by atoms with van der Waals surface area (Å²) in [4.78, 5) is 11.9. The van der Waals surface area contributed by atoms with Gasteiger partial charge in [-0.05, 0) is 31.3 Å². The van der Waals surface area contributed by atoms with E-state index in [1.807, 2.05) is 24.3 Å². The van der Waals surface area contributed by atoms with Gasteiger partial charge < -0.3 is 16.1 Å². The van der Waals surface area contributed by atoms with Crippen molar-refractivity contribution in [1.29, 1.82) is 0 Å². The van der Waals surface area contributed by atoms with Crippen molar-refractivity contribution >= 4 is 34.9 Å². The molecule has 6 nitrogen and oxygen atoms in total. The lowest BCUT2D eigenvalue weighted by atomic mass is 10.4. The molecule has 0 spiro atoms. The molecule has 2 aromatic rings. The van der Waals surface area contributed by atoms with Crippen LogP contribution in [-0.2, 0) is 0 Å². The SMILES string of the molecule is CN1CCN(Nc2ncnc(Sc3ccc(Cl)cc3)c2N)CC1. The maximum Gasteiger partial charge on any atom is 0.168 e. The van der Waals surface area contributed by atoms with E-state index in [1.165, 1.54) is 18.1 Å². The van der Waals surface area contributed by atoms with Crippen LogP contribution in [0.5, 0.6) is 0 Å². The van der Waals surface area contributed by atoms with E-state index in [-0.39, 0.29) is 0 Å². The minimum Gasteiger partial charge on any atom is -0.393 e. The Labute approximate surface area is 145 Å². The molecule has 1 fully saturated rings. The Hall–Kier alpha value is -1.54. The van der Waals surface area contributed by atoms with Gasteiger partial charge >= 0.3 is 0 Å². The molecule has 8 heteroatoms. The molecular formula is C15H19ClN6S. The van der Waals surface area contributed by atoms with Crippen LogP contribution < -0.4 is 11.2 Å². The second-order valence-corrected chi connectivity index (χ2v) is 6.90. The summed E-state index contributed by atoms with van der Waals surface area (Å²) in [6.45, 7) is 3.90. The van der Waals surface area contributed by atoms with Gasteiger partial charge in [-0.1, -0.05) is 23.4 Å². The number of hydrogen-bond acceptors (Lipinski definition) is 7. The average molecular weight is 351 g/mol. The summed E-state index contributed by atoms with van der Waals surface area (Å²) in [6, 6.07) is 7.60. The number of hydrazine groups is 1. The van der Waals surface area contributed by atoms with E-state index in [9.17, 15) is 0 Å². The number of benzene rings is 1. The fourth-order valence-corrected chi connectivity index (χ4v) is 3.16. The average Bonchev–Trinajstić information content (AvgIpc) is 2.55. The zero-order chi connectivity index (χ0) is 16.2. The van der Waals surface area contributed by atoms with Crippen molar-refractivity contribution < 1.29 is 0 Å². The summed E-state index contributed by atoms with van der Waals surface area (Å²) in [7, 11) is 2.12. The van der Waals surface area contributed by atoms with Crippen LogP contribution in [0.4, 0.5) is 11.5 Å². The highest BCUT2D eigenvalue weighted by atomic mass is 35.5. The fraction of sp³-hybridized carbons (Fsp3) is 0.333. The number of nitrogens with zero attached hydrogens (tertiary/aromatic N) is 4. The van der Waals surface area contributed by atoms with Crippen LogP contribution >= 0.6 is 23.4 Å². The molecule has 1 aromatic carbocycles. The molecule has 1 aromatic heterocycles. The molecule has 122 valence electrons. The highest BCUT2D eigenvalue weighted by Gasteiger charge is 2.16. The van der Waals surface area contributed by atoms with Gasteiger partial charge in [0.25, 0.3) is 0 Å². The molecule has 0 unspecified atom stereocenters. The quantitative estimate of drug-likeness (QED) is 0.820. The van der Waals surface area contributed by atoms with Crippen molar-refractivity contribution in [3.05, 3.63) is 35.6 Å². The Morgan fingerprint density at radius 2 is 1.83 bits per heavy atom. The van der Waals surface area contributed by atoms with E-state index >= 15 is 0 Å². The van der Waals surface area contributed by atoms with E-state index in [1.54, 1.807) is 0 Å². The van der Waals surface area contributed by atoms with Crippen molar-refractivity contribution in [2.75, 3.05) is 44.4 Å². The first-order valence-corrected chi connectivity index (χ1v) is 8.55. The lowest BCUT2D eigenvalue weighted by Gasteiger charge is -2.32. The summed E-state index contributed by atoms with van der Waals surface area (Å²) in [6.07, 6.45) is 1.53. The maximum atomic E-state index is 6.23. The minimum atomic E-state index is 0.561. The summed E-state index contributed by atoms with van der Waals surface area (Å²) >= 11 is 7.41. The number of halogens is 1. The predicted octanol–water partition coefficient (Wildman–Crippen LogP) is 2.44. The number of nitrogens with two attached hydrogens (primary N) is 1. The van der Waals surface area contributed by atoms with Gasteiger partial charge in [0.1, 0.15) is 17.0 Å². The highest BCUT2D eigenvalue weighted by molar-refractivity contribution is 7.99. The number of aromatic nitrogens is 2. The predicted molar refractivity (Wildman–Crippen MR) is 94.7 cm³/mol. The third kappa shape index (κ3) is 4.26. The van der Waals surface area contributed by atoms with Crippen LogP contribution in [-0.4, -0.2) is 53.1 Å². The molecular weight excluding hydrogens is 332 g/mol. The molecule has 0 aliphatic carbocycles. The first kappa shape index (κ1) is 16.3. The zero-order valence-electron chi connectivity index (χ0n) is 12.9. The molecule has 0 radical (unpaired) electrons. The van der Waals surface area contributed by atoms with Gasteiger partial charge in [0.05, 0.1) is 0 Å². The van der Waals surface area contributed by atoms with Gasteiger partial charge in [-0.15, -0.1) is 0 Å². The largest absolute Gasteiger partial charge is 0.393 e. The van der Waals surface area contributed by atoms with Gasteiger partial charge in [-0.25, -0.2) is 15.0 Å². The first-order valence-electron chi connectivity index (χ1n) is 7.36. The van der Waals surface area contributed by atoms with Crippen LogP contribution in [0.3, 0.4) is 0 Å². The number of nitrogen functional groups attached to an aromatic ring is 1. The molecule has 0 amide bonds. The van der Waals surface area contributed by atoms with Crippen LogP contribution in [0.2, 0.25) is 5.02 Å². The maximum absolute atomic E-state index is 6.23. The van der Waals surface area contributed by atoms with Gasteiger partial charge in [-0.3, -0.25) is 0 Å². The molecule has 23 heavy (non-hydrogen) atoms. The molecule has 1 saturated heterocycles. The van der Waals surface area contributed by atoms with Crippen LogP contribution in [0.15, 0.2) is 40.5 Å². The summed E-state index contributed by atoms with van der Waals surface area (Å²) < 4.78 is 0. The third-order valence-corrected chi connectivity index (χ3v) is 4.92. The van der Waals surface area contributed by atoms with E-state index < -0.39 is 0 Å². The normalized spacial score (nSPS) is 16.4. The molecule has 0 saturated carbocycles. The smallest absolute Gasteiger partial charge is 0.168 e. The van der Waals surface area contributed by atoms with Gasteiger partial charge in [0.15, 0.2) is 5.82 Å². The molecule has 0 bridgehead atoms. The molecule has 0 atom stereocenters. The minimum absolute atomic E-state index is 0.561. The van der Waals surface area contributed by atoms with Gasteiger partial charge in [0, 0.05) is 36.1 Å². The van der Waals surface area contributed by atoms with Gasteiger partial charge in [-0.2, -0.15) is 0 Å². The van der Waals surface area contributed by atoms with Crippen molar-refractivity contribution in [2.24, 2.45) is 0 Å². The highest BCUT2D eigenvalue weighted by Crippen LogP contribution is 2.33. The molecule has 2 heterocycles. The number of likely N-dealkylation sites (N-methyl/N-ethyl adjacent to an activating group) is 1. The van der Waals surface area contributed by atoms with Gasteiger partial charge in [0.2, 0.25) is 0 Å². The van der Waals surface area contributed by atoms with Crippen LogP contribution in [0.1, 0.15) is 0 Å². The number of anilines is 2. The first-order chi connectivity index (χ1) is 11.1. The Morgan fingerprint density at radius 1 is 1.13 bits per heavy atom. The van der Waals surface area contributed by atoms with Crippen molar-refractivity contribution in [3.63, 3.8) is 0 Å². The number of piperazine rings is 1. The Kier molecular flexibility index (Phi) is 5.22. The Morgan fingerprint density at radius 3 is 2.52 bits per heavy atom. The molecule has 3 rings (SSSR count). The third-order valence-electron chi connectivity index (χ3n) is 3.64. The van der Waals surface area contributed by atoms with Crippen molar-refractivity contribution in [2.45, 2.75) is 9.92 Å². The van der Waals surface area contributed by atoms with E-state index in [2.05, 4.69) is 32.4 Å².